The summed E-state index contributed by atoms with van der Waals surface area (Å²) < 4.78 is 98.2. The zero-order chi connectivity index (χ0) is 54.4. The van der Waals surface area contributed by atoms with Crippen LogP contribution in [0.15, 0.2) is 92.1 Å². The summed E-state index contributed by atoms with van der Waals surface area (Å²) in [6.45, 7) is -0.101. The molecule has 6 aliphatic heterocycles. The molecule has 0 amide bonds. The van der Waals surface area contributed by atoms with Gasteiger partial charge in [-0.15, -0.1) is 22.7 Å². The summed E-state index contributed by atoms with van der Waals surface area (Å²) >= 11 is 14.7. The van der Waals surface area contributed by atoms with E-state index >= 15 is 17.6 Å². The van der Waals surface area contributed by atoms with Gasteiger partial charge in [0.25, 0.3) is 11.8 Å². The second kappa shape index (κ2) is 22.2. The number of alkyl halides is 4. The van der Waals surface area contributed by atoms with Gasteiger partial charge in [-0.1, -0.05) is 35.3 Å². The molecule has 4 fully saturated rings. The summed E-state index contributed by atoms with van der Waals surface area (Å²) in [5.74, 6) is -10.8. The van der Waals surface area contributed by atoms with E-state index in [1.165, 1.54) is 73.3 Å². The fourth-order valence-corrected chi connectivity index (χ4v) is 12.9. The number of hydrogen-bond acceptors (Lipinski definition) is 16. The Morgan fingerprint density at radius 3 is 1.38 bits per heavy atom. The van der Waals surface area contributed by atoms with Crippen molar-refractivity contribution in [3.05, 3.63) is 125 Å². The van der Waals surface area contributed by atoms with Crippen molar-refractivity contribution in [1.29, 1.82) is 0 Å². The smallest absolute Gasteiger partial charge is 0.338 e. The molecule has 404 valence electrons. The van der Waals surface area contributed by atoms with Crippen molar-refractivity contribution < 1.29 is 65.2 Å². The average molecular weight is 1140 g/mol. The highest BCUT2D eigenvalue weighted by molar-refractivity contribution is 7.12. The number of aromatic nitrogens is 2. The Bertz CT molecular complexity index is 2840. The molecule has 0 saturated carbocycles. The number of benzene rings is 2. The highest BCUT2D eigenvalue weighted by Gasteiger charge is 2.59. The number of nitrogens with zero attached hydrogens (tertiary/aromatic N) is 6. The molecule has 26 heteroatoms. The number of carbonyl (C=O) groups excluding carboxylic acids is 2. The van der Waals surface area contributed by atoms with Crippen molar-refractivity contribution in [1.82, 2.24) is 30.4 Å². The molecule has 10 rings (SSSR count). The highest BCUT2D eigenvalue weighted by atomic mass is 35.5. The Morgan fingerprint density at radius 2 is 1.07 bits per heavy atom. The summed E-state index contributed by atoms with van der Waals surface area (Å²) in [5, 5.41) is 28.9. The van der Waals surface area contributed by atoms with Crippen LogP contribution in [-0.4, -0.2) is 129 Å². The number of fused-ring (bicyclic) bond motifs is 4. The number of carbonyl (C=O) groups is 4. The molecule has 4 aromatic rings. The van der Waals surface area contributed by atoms with Crippen molar-refractivity contribution in [2.45, 2.75) is 99.5 Å². The van der Waals surface area contributed by atoms with Crippen LogP contribution >= 0.6 is 45.9 Å². The second-order valence-corrected chi connectivity index (χ2v) is 21.9. The van der Waals surface area contributed by atoms with Crippen LogP contribution in [0.1, 0.15) is 84.6 Å². The van der Waals surface area contributed by atoms with Gasteiger partial charge in [0, 0.05) is 85.4 Å². The number of ether oxygens (including phenoxy) is 2. The zero-order valence-electron chi connectivity index (χ0n) is 40.3. The SMILES string of the molecule is COC(=O)C1=C(CN2[C@@H]3C[C@@H](CC(=O)O)C[C@H]2C(F)(F)C3)NC(c2nccs2)=N[C@H]1c1ccc(F)c(Cl)c1.COC(=O)C1=C(CN2[C@H]3C[C@H](CC(=O)O)C[C@@H]2C(F)(F)C3)NC(c2nccs2)=N[C@H]1c1ccc(F)c(Cl)c1. The molecule has 16 nitrogen and oxygen atoms in total. The Labute approximate surface area is 448 Å². The van der Waals surface area contributed by atoms with Crippen LogP contribution in [0.5, 0.6) is 0 Å². The van der Waals surface area contributed by atoms with Crippen LogP contribution in [-0.2, 0) is 28.7 Å². The average Bonchev–Trinajstić information content (AvgIpc) is 4.24. The van der Waals surface area contributed by atoms with Crippen LogP contribution in [0, 0.1) is 23.5 Å². The normalized spacial score (nSPS) is 26.6. The molecule has 4 N–H and O–H groups in total. The lowest BCUT2D eigenvalue weighted by atomic mass is 9.87. The van der Waals surface area contributed by atoms with Crippen LogP contribution in [0.2, 0.25) is 10.0 Å². The van der Waals surface area contributed by atoms with Crippen molar-refractivity contribution in [2.75, 3.05) is 27.3 Å². The monoisotopic (exact) mass is 1140 g/mol. The number of carboxylic acid groups (broad SMARTS) is 2. The molecule has 4 bridgehead atoms. The van der Waals surface area contributed by atoms with Gasteiger partial charge in [-0.3, -0.25) is 29.4 Å². The molecule has 76 heavy (non-hydrogen) atoms. The van der Waals surface area contributed by atoms with Crippen molar-refractivity contribution in [2.24, 2.45) is 21.8 Å². The fraction of sp³-hybridized carbons (Fsp3) is 0.440. The van der Waals surface area contributed by atoms with E-state index in [2.05, 4.69) is 30.6 Å². The number of thiazole rings is 2. The number of aliphatic imine (C=N–C) groups is 2. The Hall–Kier alpha value is -5.92. The first-order chi connectivity index (χ1) is 36.1. The third-order valence-electron chi connectivity index (χ3n) is 14.5. The topological polar surface area (TPSA) is 208 Å². The van der Waals surface area contributed by atoms with E-state index in [9.17, 15) is 38.2 Å². The van der Waals surface area contributed by atoms with Gasteiger partial charge in [0.1, 0.15) is 23.7 Å². The van der Waals surface area contributed by atoms with E-state index in [-0.39, 0.29) is 84.6 Å². The summed E-state index contributed by atoms with van der Waals surface area (Å²) in [5.41, 5.74) is 1.63. The molecule has 6 aliphatic rings. The molecule has 8 atom stereocenters. The first kappa shape index (κ1) is 54.9. The van der Waals surface area contributed by atoms with Gasteiger partial charge in [0.15, 0.2) is 21.7 Å². The molecule has 0 unspecified atom stereocenters. The minimum Gasteiger partial charge on any atom is -0.481 e. The largest absolute Gasteiger partial charge is 0.481 e. The predicted molar refractivity (Wildman–Crippen MR) is 268 cm³/mol. The third-order valence-corrected chi connectivity index (χ3v) is 16.7. The number of methoxy groups -OCH3 is 2. The lowest BCUT2D eigenvalue weighted by Crippen LogP contribution is -2.50. The second-order valence-electron chi connectivity index (χ2n) is 19.3. The van der Waals surface area contributed by atoms with Crippen molar-refractivity contribution in [3.8, 4) is 0 Å². The maximum atomic E-state index is 15.1. The molecule has 2 aromatic carbocycles. The van der Waals surface area contributed by atoms with Crippen LogP contribution in [0.25, 0.3) is 0 Å². The van der Waals surface area contributed by atoms with E-state index < -0.39 is 83.6 Å². The number of nitrogens with one attached hydrogen (secondary N) is 2. The molecular formula is C50H48Cl2F6N8O8S2. The quantitative estimate of drug-likeness (QED) is 0.0688. The summed E-state index contributed by atoms with van der Waals surface area (Å²) in [6, 6.07) is 2.56. The number of hydrogen-bond donors (Lipinski definition) is 4. The summed E-state index contributed by atoms with van der Waals surface area (Å²) in [4.78, 5) is 69.9. The van der Waals surface area contributed by atoms with Gasteiger partial charge in [-0.2, -0.15) is 0 Å². The van der Waals surface area contributed by atoms with Gasteiger partial charge in [-0.25, -0.2) is 45.9 Å². The molecule has 0 radical (unpaired) electrons. The van der Waals surface area contributed by atoms with Crippen molar-refractivity contribution >= 4 is 81.4 Å². The number of rotatable bonds is 14. The third kappa shape index (κ3) is 11.4. The fourth-order valence-electron chi connectivity index (χ4n) is 11.3. The highest BCUT2D eigenvalue weighted by Crippen LogP contribution is 2.51. The molecule has 4 saturated heterocycles. The van der Waals surface area contributed by atoms with Gasteiger partial charge in [0.2, 0.25) is 0 Å². The van der Waals surface area contributed by atoms with Crippen LogP contribution in [0.3, 0.4) is 0 Å². The number of esters is 2. The number of aliphatic carboxylic acids is 2. The first-order valence-corrected chi connectivity index (χ1v) is 26.4. The molecule has 2 aromatic heterocycles. The van der Waals surface area contributed by atoms with Crippen molar-refractivity contribution in [3.63, 3.8) is 0 Å². The van der Waals surface area contributed by atoms with Gasteiger partial charge >= 0.3 is 23.9 Å². The Balaban J connectivity index is 0.000000186. The number of piperidine rings is 2. The number of amidine groups is 2. The van der Waals surface area contributed by atoms with E-state index in [0.717, 1.165) is 0 Å². The van der Waals surface area contributed by atoms with E-state index in [4.69, 9.17) is 32.7 Å². The van der Waals surface area contributed by atoms with Gasteiger partial charge in [-0.05, 0) is 72.9 Å². The van der Waals surface area contributed by atoms with E-state index in [1.54, 1.807) is 33.0 Å². The van der Waals surface area contributed by atoms with Crippen LogP contribution < -0.4 is 10.6 Å². The summed E-state index contributed by atoms with van der Waals surface area (Å²) in [7, 11) is 2.41. The lowest BCUT2D eigenvalue weighted by molar-refractivity contribution is -0.140. The van der Waals surface area contributed by atoms with Crippen LogP contribution in [0.4, 0.5) is 26.3 Å². The Morgan fingerprint density at radius 1 is 0.671 bits per heavy atom. The van der Waals surface area contributed by atoms with E-state index in [0.29, 0.717) is 57.0 Å². The summed E-state index contributed by atoms with van der Waals surface area (Å²) in [6.07, 6.45) is 2.73. The zero-order valence-corrected chi connectivity index (χ0v) is 43.5. The molecular weight excluding hydrogens is 1090 g/mol. The number of halogens is 8. The number of carboxylic acids is 2. The minimum atomic E-state index is -3.01. The molecule has 0 spiro atoms. The first-order valence-electron chi connectivity index (χ1n) is 23.9. The minimum absolute atomic E-state index is 0.0288. The maximum Gasteiger partial charge on any atom is 0.338 e. The lowest BCUT2D eigenvalue weighted by Gasteiger charge is -2.40. The maximum absolute atomic E-state index is 15.1. The Kier molecular flexibility index (Phi) is 16.0. The predicted octanol–water partition coefficient (Wildman–Crippen LogP) is 8.83. The van der Waals surface area contributed by atoms with E-state index in [1.807, 2.05) is 0 Å². The van der Waals surface area contributed by atoms with Gasteiger partial charge < -0.3 is 30.3 Å². The molecule has 0 aliphatic carbocycles. The van der Waals surface area contributed by atoms with Gasteiger partial charge in [0.05, 0.1) is 47.5 Å². The standard InChI is InChI=1S/2C25H24ClF3N4O4S/c2*1-37-24(36)20-17(11-33-14-6-12(8-19(34)35)7-18(33)25(28,29)10-14)31-22(23-30-4-5-38-23)32-21(20)13-2-3-16(27)15(26)9-13/h2*2-5,9,12,14,18,21H,6-8,10-11H2,1H3,(H,31,32)(H,34,35)/t12-,14-,18+,21+;12-,14-,18+,21-/m10/s1. The molecule has 8 heterocycles.